The van der Waals surface area contributed by atoms with Crippen molar-refractivity contribution in [1.82, 2.24) is 0 Å². The number of carbonyl (C=O) groups excluding carboxylic acids is 2. The van der Waals surface area contributed by atoms with Crippen LogP contribution in [0.3, 0.4) is 0 Å². The van der Waals surface area contributed by atoms with E-state index in [1.165, 1.54) is 37.3 Å². The van der Waals surface area contributed by atoms with E-state index in [4.69, 9.17) is 11.6 Å². The van der Waals surface area contributed by atoms with E-state index in [1.807, 2.05) is 0 Å². The third-order valence-electron chi connectivity index (χ3n) is 3.51. The monoisotopic (exact) mass is 348 g/mol. The van der Waals surface area contributed by atoms with Gasteiger partial charge in [0.15, 0.2) is 12.3 Å². The molecule has 0 unspecified atom stereocenters. The normalized spacial score (nSPS) is 13.2. The van der Waals surface area contributed by atoms with Crippen LogP contribution in [-0.4, -0.2) is 17.7 Å². The Morgan fingerprint density at radius 2 is 1.67 bits per heavy atom. The van der Waals surface area contributed by atoms with Crippen LogP contribution in [0.1, 0.15) is 39.4 Å². The molecule has 0 saturated carbocycles. The van der Waals surface area contributed by atoms with Crippen LogP contribution in [-0.2, 0) is 0 Å². The van der Waals surface area contributed by atoms with E-state index in [0.717, 1.165) is 0 Å². The standard InChI is InChI=1S/C19H15ClF2O2/c1-11(2)16(21)19(24)15-10-13(20)8-9-14(15)17(22)18(23)12-6-4-3-5-7-12/h3-10,16-17H,1H2,2H3/t16-,17-/m0/s1. The summed E-state index contributed by atoms with van der Waals surface area (Å²) in [6.45, 7) is 4.75. The number of alkyl halides is 2. The fourth-order valence-electron chi connectivity index (χ4n) is 2.21. The molecule has 2 rings (SSSR count). The van der Waals surface area contributed by atoms with Gasteiger partial charge in [-0.2, -0.15) is 0 Å². The van der Waals surface area contributed by atoms with Crippen molar-refractivity contribution in [3.05, 3.63) is 82.4 Å². The summed E-state index contributed by atoms with van der Waals surface area (Å²) in [6.07, 6.45) is -4.08. The largest absolute Gasteiger partial charge is 0.290 e. The summed E-state index contributed by atoms with van der Waals surface area (Å²) in [6, 6.07) is 11.6. The molecule has 0 saturated heterocycles. The van der Waals surface area contributed by atoms with Crippen LogP contribution in [0.5, 0.6) is 0 Å². The number of halogens is 3. The quantitative estimate of drug-likeness (QED) is 0.522. The highest BCUT2D eigenvalue weighted by Crippen LogP contribution is 2.29. The number of allylic oxidation sites excluding steroid dienone is 1. The number of ketones is 2. The Kier molecular flexibility index (Phi) is 5.62. The fourth-order valence-corrected chi connectivity index (χ4v) is 2.39. The van der Waals surface area contributed by atoms with Gasteiger partial charge in [0, 0.05) is 21.7 Å². The molecule has 0 fully saturated rings. The molecule has 124 valence electrons. The number of benzene rings is 2. The lowest BCUT2D eigenvalue weighted by molar-refractivity contribution is 0.0869. The zero-order valence-electron chi connectivity index (χ0n) is 12.9. The van der Waals surface area contributed by atoms with Crippen LogP contribution < -0.4 is 0 Å². The highest BCUT2D eigenvalue weighted by Gasteiger charge is 2.29. The molecule has 0 heterocycles. The number of Topliss-reactive ketones (excluding diaryl/α,β-unsaturated/α-hetero) is 2. The number of rotatable bonds is 6. The number of hydrogen-bond acceptors (Lipinski definition) is 2. The van der Waals surface area contributed by atoms with Crippen LogP contribution in [0.25, 0.3) is 0 Å². The molecule has 0 radical (unpaired) electrons. The average molecular weight is 349 g/mol. The number of hydrogen-bond donors (Lipinski definition) is 0. The lowest BCUT2D eigenvalue weighted by atomic mass is 9.92. The van der Waals surface area contributed by atoms with E-state index in [-0.39, 0.29) is 27.3 Å². The van der Waals surface area contributed by atoms with Crippen LogP contribution in [0.4, 0.5) is 8.78 Å². The molecule has 0 bridgehead atoms. The van der Waals surface area contributed by atoms with Crippen molar-refractivity contribution in [3.8, 4) is 0 Å². The number of carbonyl (C=O) groups is 2. The Morgan fingerprint density at radius 1 is 1.04 bits per heavy atom. The maximum absolute atomic E-state index is 14.7. The second kappa shape index (κ2) is 7.49. The van der Waals surface area contributed by atoms with Gasteiger partial charge in [-0.05, 0) is 24.6 Å². The molecule has 0 aliphatic rings. The SMILES string of the molecule is C=C(C)[C@H](F)C(=O)c1cc(Cl)ccc1[C@H](F)C(=O)c1ccccc1. The summed E-state index contributed by atoms with van der Waals surface area (Å²) in [5, 5.41) is 0.148. The highest BCUT2D eigenvalue weighted by atomic mass is 35.5. The minimum absolute atomic E-state index is 0.00396. The second-order valence-corrected chi connectivity index (χ2v) is 5.83. The Labute approximate surface area is 143 Å². The van der Waals surface area contributed by atoms with Crippen LogP contribution in [0, 0.1) is 0 Å². The third kappa shape index (κ3) is 3.77. The van der Waals surface area contributed by atoms with Crippen molar-refractivity contribution in [2.45, 2.75) is 19.3 Å². The van der Waals surface area contributed by atoms with Gasteiger partial charge in [0.1, 0.15) is 0 Å². The molecule has 0 amide bonds. The zero-order chi connectivity index (χ0) is 17.9. The van der Waals surface area contributed by atoms with Gasteiger partial charge in [-0.25, -0.2) is 8.78 Å². The second-order valence-electron chi connectivity index (χ2n) is 5.40. The first kappa shape index (κ1) is 18.0. The molecule has 0 aliphatic carbocycles. The molecular formula is C19H15ClF2O2. The Hall–Kier alpha value is -2.33. The van der Waals surface area contributed by atoms with Gasteiger partial charge in [-0.3, -0.25) is 9.59 Å². The van der Waals surface area contributed by atoms with Crippen LogP contribution in [0.15, 0.2) is 60.7 Å². The summed E-state index contributed by atoms with van der Waals surface area (Å²) in [4.78, 5) is 24.5. The van der Waals surface area contributed by atoms with Gasteiger partial charge in [-0.1, -0.05) is 54.6 Å². The van der Waals surface area contributed by atoms with Gasteiger partial charge in [0.25, 0.3) is 0 Å². The van der Waals surface area contributed by atoms with Gasteiger partial charge in [0.2, 0.25) is 11.6 Å². The molecular weight excluding hydrogens is 334 g/mol. The first-order chi connectivity index (χ1) is 11.3. The molecule has 0 N–H and O–H groups in total. The topological polar surface area (TPSA) is 34.1 Å². The van der Waals surface area contributed by atoms with Crippen molar-refractivity contribution in [2.75, 3.05) is 0 Å². The first-order valence-electron chi connectivity index (χ1n) is 7.19. The Morgan fingerprint density at radius 3 is 2.25 bits per heavy atom. The minimum Gasteiger partial charge on any atom is -0.290 e. The van der Waals surface area contributed by atoms with Crippen molar-refractivity contribution >= 4 is 23.2 Å². The molecule has 24 heavy (non-hydrogen) atoms. The predicted molar refractivity (Wildman–Crippen MR) is 90.1 cm³/mol. The van der Waals surface area contributed by atoms with Crippen LogP contribution >= 0.6 is 11.6 Å². The van der Waals surface area contributed by atoms with E-state index in [1.54, 1.807) is 18.2 Å². The summed E-state index contributed by atoms with van der Waals surface area (Å²) in [7, 11) is 0. The molecule has 2 nitrogen and oxygen atoms in total. The van der Waals surface area contributed by atoms with E-state index >= 15 is 0 Å². The van der Waals surface area contributed by atoms with E-state index in [2.05, 4.69) is 6.58 Å². The molecule has 0 aliphatic heterocycles. The van der Waals surface area contributed by atoms with E-state index in [0.29, 0.717) is 0 Å². The van der Waals surface area contributed by atoms with Crippen molar-refractivity contribution < 1.29 is 18.4 Å². The molecule has 0 spiro atoms. The Balaban J connectivity index is 2.45. The van der Waals surface area contributed by atoms with E-state index in [9.17, 15) is 18.4 Å². The summed E-state index contributed by atoms with van der Waals surface area (Å²) >= 11 is 5.84. The van der Waals surface area contributed by atoms with E-state index < -0.39 is 23.9 Å². The van der Waals surface area contributed by atoms with Crippen LogP contribution in [0.2, 0.25) is 5.02 Å². The molecule has 0 aromatic heterocycles. The van der Waals surface area contributed by atoms with Crippen molar-refractivity contribution in [1.29, 1.82) is 0 Å². The maximum Gasteiger partial charge on any atom is 0.201 e. The molecule has 2 aromatic carbocycles. The smallest absolute Gasteiger partial charge is 0.201 e. The maximum atomic E-state index is 14.7. The lowest BCUT2D eigenvalue weighted by Crippen LogP contribution is -2.20. The fraction of sp³-hybridized carbons (Fsp3) is 0.158. The third-order valence-corrected chi connectivity index (χ3v) is 3.74. The molecule has 2 aromatic rings. The van der Waals surface area contributed by atoms with Gasteiger partial charge < -0.3 is 0 Å². The molecule has 2 atom stereocenters. The Bertz CT molecular complexity index is 787. The summed E-state index contributed by atoms with van der Waals surface area (Å²) in [5.41, 5.74) is -0.303. The highest BCUT2D eigenvalue weighted by molar-refractivity contribution is 6.31. The van der Waals surface area contributed by atoms with Crippen molar-refractivity contribution in [2.24, 2.45) is 0 Å². The average Bonchev–Trinajstić information content (AvgIpc) is 2.59. The van der Waals surface area contributed by atoms with Gasteiger partial charge >= 0.3 is 0 Å². The first-order valence-corrected chi connectivity index (χ1v) is 7.57. The predicted octanol–water partition coefficient (Wildman–Crippen LogP) is 5.33. The summed E-state index contributed by atoms with van der Waals surface area (Å²) in [5.74, 6) is -1.78. The van der Waals surface area contributed by atoms with Crippen molar-refractivity contribution in [3.63, 3.8) is 0 Å². The molecule has 5 heteroatoms. The summed E-state index contributed by atoms with van der Waals surface area (Å²) < 4.78 is 28.7. The zero-order valence-corrected chi connectivity index (χ0v) is 13.7. The minimum atomic E-state index is -2.10. The van der Waals surface area contributed by atoms with Gasteiger partial charge in [0.05, 0.1) is 0 Å². The lowest BCUT2D eigenvalue weighted by Gasteiger charge is -2.15. The van der Waals surface area contributed by atoms with Gasteiger partial charge in [-0.15, -0.1) is 0 Å².